The van der Waals surface area contributed by atoms with Crippen LogP contribution in [0.5, 0.6) is 0 Å². The number of allylic oxidation sites excluding steroid dienone is 1. The molecule has 1 N–H and O–H groups in total. The van der Waals surface area contributed by atoms with E-state index < -0.39 is 17.8 Å². The van der Waals surface area contributed by atoms with Crippen LogP contribution in [0.2, 0.25) is 15.1 Å². The van der Waals surface area contributed by atoms with Crippen molar-refractivity contribution in [1.29, 1.82) is 0 Å². The minimum absolute atomic E-state index is 0.172. The van der Waals surface area contributed by atoms with Gasteiger partial charge in [0.2, 0.25) is 0 Å². The number of halogens is 3. The SMILES string of the molecule is CCN1c2cc(Cl)c(/C=C3/C(=O)NC(=O)N(c4ccc(Cl)c(Cl)c4)C3=O)cc2C(C)=CC1(C)C. The lowest BCUT2D eigenvalue weighted by Gasteiger charge is -2.43. The normalized spacial score (nSPS) is 18.7. The molecule has 0 spiro atoms. The Hall–Kier alpha value is -2.80. The maximum atomic E-state index is 13.2. The molecule has 34 heavy (non-hydrogen) atoms. The number of benzene rings is 2. The van der Waals surface area contributed by atoms with E-state index in [2.05, 4.69) is 37.1 Å². The Morgan fingerprint density at radius 1 is 1.00 bits per heavy atom. The number of nitrogens with zero attached hydrogens (tertiary/aromatic N) is 2. The molecule has 0 bridgehead atoms. The molecule has 4 amide bonds. The van der Waals surface area contributed by atoms with Gasteiger partial charge in [0.15, 0.2) is 0 Å². The van der Waals surface area contributed by atoms with Gasteiger partial charge in [-0.05, 0) is 75.2 Å². The molecule has 2 aromatic carbocycles. The molecule has 0 aromatic heterocycles. The minimum atomic E-state index is -0.873. The number of nitrogens with one attached hydrogen (secondary N) is 1. The molecule has 0 atom stereocenters. The largest absolute Gasteiger partial charge is 0.363 e. The fourth-order valence-corrected chi connectivity index (χ4v) is 4.98. The molecule has 0 saturated carbocycles. The van der Waals surface area contributed by atoms with E-state index in [1.54, 1.807) is 0 Å². The van der Waals surface area contributed by atoms with Crippen molar-refractivity contribution in [3.63, 3.8) is 0 Å². The van der Waals surface area contributed by atoms with E-state index in [0.29, 0.717) is 10.6 Å². The quantitative estimate of drug-likeness (QED) is 0.380. The lowest BCUT2D eigenvalue weighted by molar-refractivity contribution is -0.122. The summed E-state index contributed by atoms with van der Waals surface area (Å²) < 4.78 is 0. The number of amides is 4. The number of barbiturate groups is 1. The van der Waals surface area contributed by atoms with Crippen molar-refractivity contribution < 1.29 is 14.4 Å². The lowest BCUT2D eigenvalue weighted by atomic mass is 9.87. The second-order valence-electron chi connectivity index (χ2n) is 8.67. The maximum Gasteiger partial charge on any atom is 0.335 e. The van der Waals surface area contributed by atoms with Crippen LogP contribution in [0.4, 0.5) is 16.2 Å². The van der Waals surface area contributed by atoms with E-state index in [1.165, 1.54) is 24.3 Å². The van der Waals surface area contributed by atoms with E-state index in [-0.39, 0.29) is 26.8 Å². The van der Waals surface area contributed by atoms with Gasteiger partial charge in [-0.2, -0.15) is 0 Å². The van der Waals surface area contributed by atoms with E-state index in [1.807, 2.05) is 19.1 Å². The summed E-state index contributed by atoms with van der Waals surface area (Å²) in [6, 6.07) is 7.15. The summed E-state index contributed by atoms with van der Waals surface area (Å²) in [6.07, 6.45) is 3.58. The number of urea groups is 1. The number of hydrogen-bond acceptors (Lipinski definition) is 4. The van der Waals surface area contributed by atoms with Gasteiger partial charge in [-0.25, -0.2) is 9.69 Å². The average molecular weight is 519 g/mol. The van der Waals surface area contributed by atoms with Crippen LogP contribution in [0.15, 0.2) is 42.0 Å². The van der Waals surface area contributed by atoms with Crippen LogP contribution in [0.25, 0.3) is 11.6 Å². The fourth-order valence-electron chi connectivity index (χ4n) is 4.47. The molecule has 0 unspecified atom stereocenters. The summed E-state index contributed by atoms with van der Waals surface area (Å²) in [5.41, 5.74) is 3.27. The zero-order valence-electron chi connectivity index (χ0n) is 19.0. The van der Waals surface area contributed by atoms with Gasteiger partial charge in [0.1, 0.15) is 5.57 Å². The predicted molar refractivity (Wildman–Crippen MR) is 138 cm³/mol. The highest BCUT2D eigenvalue weighted by Crippen LogP contribution is 2.42. The molecule has 176 valence electrons. The van der Waals surface area contributed by atoms with Crippen molar-refractivity contribution in [2.45, 2.75) is 33.2 Å². The number of rotatable bonds is 3. The molecule has 0 radical (unpaired) electrons. The summed E-state index contributed by atoms with van der Waals surface area (Å²) in [4.78, 5) is 41.4. The molecule has 2 aliphatic rings. The van der Waals surface area contributed by atoms with E-state index in [4.69, 9.17) is 34.8 Å². The van der Waals surface area contributed by atoms with Gasteiger partial charge in [-0.3, -0.25) is 14.9 Å². The molecule has 2 aliphatic heterocycles. The highest BCUT2D eigenvalue weighted by atomic mass is 35.5. The van der Waals surface area contributed by atoms with Crippen molar-refractivity contribution in [3.05, 3.63) is 68.2 Å². The van der Waals surface area contributed by atoms with Gasteiger partial charge in [0.05, 0.1) is 21.3 Å². The Labute approximate surface area is 212 Å². The third-order valence-corrected chi connectivity index (χ3v) is 7.04. The average Bonchev–Trinajstić information content (AvgIpc) is 2.73. The van der Waals surface area contributed by atoms with Crippen LogP contribution in [-0.2, 0) is 9.59 Å². The molecule has 0 aliphatic carbocycles. The van der Waals surface area contributed by atoms with Crippen molar-refractivity contribution in [1.82, 2.24) is 5.32 Å². The van der Waals surface area contributed by atoms with Gasteiger partial charge in [-0.1, -0.05) is 40.9 Å². The summed E-state index contributed by atoms with van der Waals surface area (Å²) >= 11 is 18.6. The number of anilines is 2. The fraction of sp³-hybridized carbons (Fsp3) is 0.240. The smallest absolute Gasteiger partial charge is 0.335 e. The first-order chi connectivity index (χ1) is 15.9. The topological polar surface area (TPSA) is 69.7 Å². The van der Waals surface area contributed by atoms with E-state index in [0.717, 1.165) is 28.3 Å². The maximum absolute atomic E-state index is 13.2. The number of carbonyl (C=O) groups excluding carboxylic acids is 3. The third kappa shape index (κ3) is 4.11. The molecule has 2 aromatic rings. The van der Waals surface area contributed by atoms with E-state index in [9.17, 15) is 14.4 Å². The second-order valence-corrected chi connectivity index (χ2v) is 9.89. The standard InChI is InChI=1S/C25H22Cl3N3O3/c1-5-30-21-11-19(27)14(8-16(21)13(2)12-25(30,3)4)9-17-22(32)29-24(34)31(23(17)33)15-6-7-18(26)20(28)10-15/h6-12H,5H2,1-4H3,(H,29,32,34)/b17-9-. The molecular weight excluding hydrogens is 497 g/mol. The van der Waals surface area contributed by atoms with Gasteiger partial charge in [-0.15, -0.1) is 0 Å². The van der Waals surface area contributed by atoms with Gasteiger partial charge in [0, 0.05) is 22.8 Å². The minimum Gasteiger partial charge on any atom is -0.363 e. The van der Waals surface area contributed by atoms with Gasteiger partial charge < -0.3 is 4.90 Å². The molecule has 2 heterocycles. The second kappa shape index (κ2) is 8.77. The zero-order valence-corrected chi connectivity index (χ0v) is 21.3. The number of carbonyl (C=O) groups is 3. The number of imide groups is 2. The Morgan fingerprint density at radius 3 is 2.35 bits per heavy atom. The predicted octanol–water partition coefficient (Wildman–Crippen LogP) is 6.34. The van der Waals surface area contributed by atoms with Gasteiger partial charge >= 0.3 is 6.03 Å². The molecule has 9 heteroatoms. The van der Waals surface area contributed by atoms with Crippen LogP contribution in [0, 0.1) is 0 Å². The van der Waals surface area contributed by atoms with Crippen LogP contribution in [-0.4, -0.2) is 29.9 Å². The van der Waals surface area contributed by atoms with Crippen LogP contribution in [0.1, 0.15) is 38.8 Å². The van der Waals surface area contributed by atoms with Crippen molar-refractivity contribution in [3.8, 4) is 0 Å². The molecule has 1 fully saturated rings. The molecular formula is C25H22Cl3N3O3. The first kappa shape index (κ1) is 24.3. The van der Waals surface area contributed by atoms with Crippen LogP contribution in [0.3, 0.4) is 0 Å². The summed E-state index contributed by atoms with van der Waals surface area (Å²) in [5.74, 6) is -1.59. The molecule has 1 saturated heterocycles. The monoisotopic (exact) mass is 517 g/mol. The summed E-state index contributed by atoms with van der Waals surface area (Å²) in [6.45, 7) is 9.13. The van der Waals surface area contributed by atoms with Crippen molar-refractivity contribution >= 4 is 75.7 Å². The van der Waals surface area contributed by atoms with Crippen molar-refractivity contribution in [2.75, 3.05) is 16.3 Å². The Balaban J connectivity index is 1.80. The highest BCUT2D eigenvalue weighted by molar-refractivity contribution is 6.43. The highest BCUT2D eigenvalue weighted by Gasteiger charge is 2.37. The molecule has 4 rings (SSSR count). The molecule has 6 nitrogen and oxygen atoms in total. The first-order valence-corrected chi connectivity index (χ1v) is 11.8. The van der Waals surface area contributed by atoms with Crippen LogP contribution < -0.4 is 15.1 Å². The Bertz CT molecular complexity index is 1310. The lowest BCUT2D eigenvalue weighted by Crippen LogP contribution is -2.54. The number of hydrogen-bond donors (Lipinski definition) is 1. The third-order valence-electron chi connectivity index (χ3n) is 5.98. The summed E-state index contributed by atoms with van der Waals surface area (Å²) in [7, 11) is 0. The van der Waals surface area contributed by atoms with Crippen LogP contribution >= 0.6 is 34.8 Å². The van der Waals surface area contributed by atoms with E-state index >= 15 is 0 Å². The Kier molecular flexibility index (Phi) is 6.27. The number of likely N-dealkylation sites (N-methyl/N-ethyl adjacent to an activating group) is 1. The first-order valence-electron chi connectivity index (χ1n) is 10.6. The van der Waals surface area contributed by atoms with Crippen molar-refractivity contribution in [2.24, 2.45) is 0 Å². The summed E-state index contributed by atoms with van der Waals surface area (Å²) in [5, 5.41) is 3.03. The zero-order chi connectivity index (χ0) is 24.9. The van der Waals surface area contributed by atoms with Gasteiger partial charge in [0.25, 0.3) is 11.8 Å². The number of fused-ring (bicyclic) bond motifs is 1. The Morgan fingerprint density at radius 2 is 1.71 bits per heavy atom.